The first-order chi connectivity index (χ1) is 15.6. The van der Waals surface area contributed by atoms with E-state index in [0.717, 1.165) is 42.9 Å². The number of rotatable bonds is 7. The highest BCUT2D eigenvalue weighted by Crippen LogP contribution is 2.49. The van der Waals surface area contributed by atoms with Gasteiger partial charge in [-0.05, 0) is 68.0 Å². The Kier molecular flexibility index (Phi) is 6.64. The molecule has 5 heteroatoms. The lowest BCUT2D eigenvalue weighted by molar-refractivity contribution is 0.122. The molecule has 32 heavy (non-hydrogen) atoms. The third-order valence-electron chi connectivity index (χ3n) is 7.75. The van der Waals surface area contributed by atoms with Gasteiger partial charge in [0.2, 0.25) is 0 Å². The number of likely N-dealkylation sites (tertiary alicyclic amines) is 1. The maximum Gasteiger partial charge on any atom is 0.142 e. The lowest BCUT2D eigenvalue weighted by atomic mass is 9.92. The van der Waals surface area contributed by atoms with Crippen LogP contribution < -0.4 is 9.64 Å². The van der Waals surface area contributed by atoms with Gasteiger partial charge in [-0.25, -0.2) is 0 Å². The van der Waals surface area contributed by atoms with Crippen LogP contribution in [0.4, 0.5) is 5.69 Å². The van der Waals surface area contributed by atoms with Crippen molar-refractivity contribution in [2.24, 2.45) is 5.92 Å². The Morgan fingerprint density at radius 2 is 1.69 bits per heavy atom. The fourth-order valence-electron chi connectivity index (χ4n) is 5.79. The fourth-order valence-corrected chi connectivity index (χ4v) is 5.92. The van der Waals surface area contributed by atoms with Crippen LogP contribution in [0.5, 0.6) is 5.75 Å². The number of ether oxygens (including phenoxy) is 1. The first kappa shape index (κ1) is 22.1. The standard InChI is InChI=1S/C27H36ClN3O/c1-32-26-7-3-2-6-25(26)31-17-15-29(16-18-31)19-22-5-4-14-30(20-22)21-27(12-13-27)23-8-10-24(28)11-9-23/h2-3,6-11,22H,4-5,12-21H2,1H3. The molecule has 0 amide bonds. The molecule has 1 aliphatic carbocycles. The molecule has 2 heterocycles. The smallest absolute Gasteiger partial charge is 0.142 e. The van der Waals surface area contributed by atoms with Gasteiger partial charge in [-0.3, -0.25) is 4.90 Å². The summed E-state index contributed by atoms with van der Waals surface area (Å²) in [6.07, 6.45) is 5.35. The lowest BCUT2D eigenvalue weighted by Gasteiger charge is -2.41. The van der Waals surface area contributed by atoms with E-state index in [1.54, 1.807) is 7.11 Å². The van der Waals surface area contributed by atoms with E-state index in [4.69, 9.17) is 16.3 Å². The van der Waals surface area contributed by atoms with Gasteiger partial charge in [-0.15, -0.1) is 0 Å². The van der Waals surface area contributed by atoms with Gasteiger partial charge in [0.05, 0.1) is 12.8 Å². The number of nitrogens with zero attached hydrogens (tertiary/aromatic N) is 3. The van der Waals surface area contributed by atoms with Crippen molar-refractivity contribution >= 4 is 17.3 Å². The molecule has 1 saturated carbocycles. The average Bonchev–Trinajstić information content (AvgIpc) is 3.60. The van der Waals surface area contributed by atoms with Crippen LogP contribution in [0.2, 0.25) is 5.02 Å². The molecular formula is C27H36ClN3O. The third kappa shape index (κ3) is 4.93. The molecule has 3 fully saturated rings. The summed E-state index contributed by atoms with van der Waals surface area (Å²) in [7, 11) is 1.77. The monoisotopic (exact) mass is 453 g/mol. The minimum Gasteiger partial charge on any atom is -0.495 e. The molecule has 0 bridgehead atoms. The SMILES string of the molecule is COc1ccccc1N1CCN(CC2CCCN(CC3(c4ccc(Cl)cc4)CC3)C2)CC1. The highest BCUT2D eigenvalue weighted by molar-refractivity contribution is 6.30. The number of piperazine rings is 1. The quantitative estimate of drug-likeness (QED) is 0.592. The highest BCUT2D eigenvalue weighted by atomic mass is 35.5. The van der Waals surface area contributed by atoms with Crippen molar-refractivity contribution in [3.8, 4) is 5.75 Å². The van der Waals surface area contributed by atoms with Crippen LogP contribution in [0.15, 0.2) is 48.5 Å². The summed E-state index contributed by atoms with van der Waals surface area (Å²) in [6.45, 7) is 9.41. The maximum atomic E-state index is 6.12. The highest BCUT2D eigenvalue weighted by Gasteiger charge is 2.45. The number of anilines is 1. The molecule has 0 radical (unpaired) electrons. The molecule has 172 valence electrons. The van der Waals surface area contributed by atoms with E-state index >= 15 is 0 Å². The zero-order valence-electron chi connectivity index (χ0n) is 19.3. The van der Waals surface area contributed by atoms with Crippen molar-refractivity contribution in [1.29, 1.82) is 0 Å². The van der Waals surface area contributed by atoms with E-state index in [-0.39, 0.29) is 0 Å². The molecule has 1 unspecified atom stereocenters. The van der Waals surface area contributed by atoms with E-state index in [9.17, 15) is 0 Å². The maximum absolute atomic E-state index is 6.12. The van der Waals surface area contributed by atoms with Crippen molar-refractivity contribution in [1.82, 2.24) is 9.80 Å². The van der Waals surface area contributed by atoms with Crippen LogP contribution in [0, 0.1) is 5.92 Å². The Bertz CT molecular complexity index is 890. The van der Waals surface area contributed by atoms with Crippen LogP contribution in [0.25, 0.3) is 0 Å². The van der Waals surface area contributed by atoms with Gasteiger partial charge in [0.1, 0.15) is 5.75 Å². The van der Waals surface area contributed by atoms with Crippen LogP contribution in [-0.2, 0) is 5.41 Å². The number of hydrogen-bond acceptors (Lipinski definition) is 4. The number of hydrogen-bond donors (Lipinski definition) is 0. The number of piperidine rings is 1. The van der Waals surface area contributed by atoms with E-state index in [2.05, 4.69) is 57.2 Å². The first-order valence-electron chi connectivity index (χ1n) is 12.2. The molecule has 2 aromatic carbocycles. The van der Waals surface area contributed by atoms with Gasteiger partial charge in [-0.2, -0.15) is 0 Å². The minimum atomic E-state index is 0.382. The molecule has 2 aliphatic heterocycles. The zero-order valence-corrected chi connectivity index (χ0v) is 20.1. The Hall–Kier alpha value is -1.75. The first-order valence-corrected chi connectivity index (χ1v) is 12.6. The summed E-state index contributed by atoms with van der Waals surface area (Å²) in [5.41, 5.74) is 3.10. The Labute approximate surface area is 198 Å². The molecular weight excluding hydrogens is 418 g/mol. The van der Waals surface area contributed by atoms with Crippen molar-refractivity contribution in [2.45, 2.75) is 31.1 Å². The summed E-state index contributed by atoms with van der Waals surface area (Å²) < 4.78 is 5.57. The largest absolute Gasteiger partial charge is 0.495 e. The van der Waals surface area contributed by atoms with Gasteiger partial charge < -0.3 is 14.5 Å². The lowest BCUT2D eigenvalue weighted by Crippen LogP contribution is -2.50. The van der Waals surface area contributed by atoms with Crippen LogP contribution in [0.3, 0.4) is 0 Å². The van der Waals surface area contributed by atoms with Crippen LogP contribution in [0.1, 0.15) is 31.2 Å². The summed E-state index contributed by atoms with van der Waals surface area (Å²) in [5.74, 6) is 1.78. The molecule has 2 saturated heterocycles. The summed E-state index contributed by atoms with van der Waals surface area (Å²) in [5, 5.41) is 0.841. The number of methoxy groups -OCH3 is 1. The third-order valence-corrected chi connectivity index (χ3v) is 8.01. The Balaban J connectivity index is 1.12. The normalized spacial score (nSPS) is 23.8. The summed E-state index contributed by atoms with van der Waals surface area (Å²) >= 11 is 6.12. The van der Waals surface area contributed by atoms with Crippen molar-refractivity contribution in [2.75, 3.05) is 64.4 Å². The molecule has 5 rings (SSSR count). The number of para-hydroxylation sites is 2. The second kappa shape index (κ2) is 9.62. The van der Waals surface area contributed by atoms with E-state index in [0.29, 0.717) is 5.41 Å². The van der Waals surface area contributed by atoms with Gasteiger partial charge in [0.15, 0.2) is 0 Å². The van der Waals surface area contributed by atoms with Crippen LogP contribution in [-0.4, -0.2) is 69.3 Å². The molecule has 2 aromatic rings. The molecule has 1 atom stereocenters. The number of halogens is 1. The van der Waals surface area contributed by atoms with Crippen molar-refractivity contribution in [3.05, 3.63) is 59.1 Å². The van der Waals surface area contributed by atoms with Crippen LogP contribution >= 0.6 is 11.6 Å². The molecule has 3 aliphatic rings. The van der Waals surface area contributed by atoms with Crippen molar-refractivity contribution in [3.63, 3.8) is 0 Å². The molecule has 0 aromatic heterocycles. The second-order valence-electron chi connectivity index (χ2n) is 9.99. The van der Waals surface area contributed by atoms with Gasteiger partial charge in [0, 0.05) is 56.3 Å². The van der Waals surface area contributed by atoms with Crippen molar-refractivity contribution < 1.29 is 4.74 Å². The Morgan fingerprint density at radius 3 is 2.41 bits per heavy atom. The minimum absolute atomic E-state index is 0.382. The molecule has 0 spiro atoms. The summed E-state index contributed by atoms with van der Waals surface area (Å²) in [4.78, 5) is 7.92. The van der Waals surface area contributed by atoms with E-state index < -0.39 is 0 Å². The Morgan fingerprint density at radius 1 is 0.938 bits per heavy atom. The van der Waals surface area contributed by atoms with E-state index in [1.807, 2.05) is 6.07 Å². The predicted octanol–water partition coefficient (Wildman–Crippen LogP) is 4.91. The van der Waals surface area contributed by atoms with Gasteiger partial charge in [0.25, 0.3) is 0 Å². The number of benzene rings is 2. The van der Waals surface area contributed by atoms with Gasteiger partial charge >= 0.3 is 0 Å². The summed E-state index contributed by atoms with van der Waals surface area (Å²) in [6, 6.07) is 17.0. The topological polar surface area (TPSA) is 19.0 Å². The van der Waals surface area contributed by atoms with E-state index in [1.165, 1.54) is 63.1 Å². The zero-order chi connectivity index (χ0) is 22.0. The molecule has 0 N–H and O–H groups in total. The predicted molar refractivity (Wildman–Crippen MR) is 133 cm³/mol. The van der Waals surface area contributed by atoms with Gasteiger partial charge in [-0.1, -0.05) is 35.9 Å². The average molecular weight is 454 g/mol. The molecule has 4 nitrogen and oxygen atoms in total. The second-order valence-corrected chi connectivity index (χ2v) is 10.4. The fraction of sp³-hybridized carbons (Fsp3) is 0.556.